The summed E-state index contributed by atoms with van der Waals surface area (Å²) in [4.78, 5) is 12.0. The Kier molecular flexibility index (Phi) is 7.25. The topological polar surface area (TPSA) is 99.1 Å². The van der Waals surface area contributed by atoms with E-state index in [4.69, 9.17) is 13.7 Å². The molecule has 0 aromatic heterocycles. The lowest BCUT2D eigenvalue weighted by molar-refractivity contribution is -0.210. The van der Waals surface area contributed by atoms with Crippen LogP contribution < -0.4 is 0 Å². The summed E-state index contributed by atoms with van der Waals surface area (Å²) in [5, 5.41) is 12.4. The largest absolute Gasteiger partial charge is 0.458 e. The minimum absolute atomic E-state index is 0.0131. The zero-order valence-corrected chi connectivity index (χ0v) is 24.9. The van der Waals surface area contributed by atoms with Crippen LogP contribution >= 0.6 is 0 Å². The molecule has 1 N–H and O–H groups in total. The van der Waals surface area contributed by atoms with E-state index in [2.05, 4.69) is 13.8 Å². The minimum Gasteiger partial charge on any atom is -0.458 e. The molecule has 1 aromatic carbocycles. The van der Waals surface area contributed by atoms with E-state index >= 15 is 0 Å². The Bertz CT molecular complexity index is 1270. The number of cyclic esters (lactones) is 1. The summed E-state index contributed by atoms with van der Waals surface area (Å²) in [5.41, 5.74) is 1.34. The van der Waals surface area contributed by atoms with Crippen molar-refractivity contribution in [1.29, 1.82) is 0 Å². The Morgan fingerprint density at radius 2 is 1.75 bits per heavy atom. The molecule has 0 unspecified atom stereocenters. The molecule has 1 aromatic rings. The predicted molar refractivity (Wildman–Crippen MR) is 150 cm³/mol. The molecule has 0 radical (unpaired) electrons. The Balaban J connectivity index is 1.06. The first-order valence-electron chi connectivity index (χ1n) is 15.1. The number of carbonyl (C=O) groups excluding carboxylic acids is 1. The number of rotatable bonds is 7. The third-order valence-corrected chi connectivity index (χ3v) is 13.2. The second-order valence-electron chi connectivity index (χ2n) is 13.6. The van der Waals surface area contributed by atoms with Crippen LogP contribution in [-0.2, 0) is 28.6 Å². The van der Waals surface area contributed by atoms with Crippen LogP contribution in [0, 0.1) is 41.4 Å². The van der Waals surface area contributed by atoms with Gasteiger partial charge in [-0.25, -0.2) is 4.79 Å². The molecular formula is C32H44O7S. The van der Waals surface area contributed by atoms with Gasteiger partial charge in [0.2, 0.25) is 0 Å². The Hall–Kier alpha value is -1.74. The van der Waals surface area contributed by atoms with Crippen molar-refractivity contribution in [2.24, 2.45) is 34.5 Å². The summed E-state index contributed by atoms with van der Waals surface area (Å²) < 4.78 is 41.6. The van der Waals surface area contributed by atoms with Gasteiger partial charge in [-0.05, 0) is 112 Å². The molecule has 1 heterocycles. The summed E-state index contributed by atoms with van der Waals surface area (Å²) in [5.74, 6) is 1.29. The van der Waals surface area contributed by atoms with Gasteiger partial charge in [-0.15, -0.1) is 0 Å². The third-order valence-electron chi connectivity index (χ3n) is 11.9. The van der Waals surface area contributed by atoms with Gasteiger partial charge in [0.05, 0.1) is 29.8 Å². The van der Waals surface area contributed by atoms with E-state index in [1.807, 2.05) is 6.92 Å². The van der Waals surface area contributed by atoms with Crippen molar-refractivity contribution in [2.45, 2.75) is 95.2 Å². The van der Waals surface area contributed by atoms with Crippen LogP contribution in [0.25, 0.3) is 0 Å². The van der Waals surface area contributed by atoms with Gasteiger partial charge in [0, 0.05) is 11.5 Å². The molecule has 8 atom stereocenters. The van der Waals surface area contributed by atoms with Gasteiger partial charge in [0.1, 0.15) is 6.61 Å². The average Bonchev–Trinajstić information content (AvgIpc) is 3.46. The fourth-order valence-corrected chi connectivity index (χ4v) is 10.5. The second kappa shape index (κ2) is 10.2. The normalized spacial score (nSPS) is 41.0. The predicted octanol–water partition coefficient (Wildman–Crippen LogP) is 5.34. The molecule has 6 rings (SSSR count). The number of hydrogen-bond acceptors (Lipinski definition) is 7. The molecule has 40 heavy (non-hydrogen) atoms. The van der Waals surface area contributed by atoms with Gasteiger partial charge >= 0.3 is 5.97 Å². The van der Waals surface area contributed by atoms with Crippen LogP contribution in [0.3, 0.4) is 0 Å². The van der Waals surface area contributed by atoms with E-state index in [0.29, 0.717) is 18.4 Å². The number of aryl methyl sites for hydroxylation is 1. The van der Waals surface area contributed by atoms with Crippen LogP contribution in [0.1, 0.15) is 77.2 Å². The highest BCUT2D eigenvalue weighted by Gasteiger charge is 2.67. The molecule has 7 nitrogen and oxygen atoms in total. The number of ether oxygens (including phenoxy) is 2. The highest BCUT2D eigenvalue weighted by atomic mass is 32.2. The van der Waals surface area contributed by atoms with E-state index in [9.17, 15) is 18.3 Å². The van der Waals surface area contributed by atoms with E-state index in [1.54, 1.807) is 30.3 Å². The van der Waals surface area contributed by atoms with E-state index in [1.165, 1.54) is 0 Å². The number of aliphatic hydroxyl groups is 1. The van der Waals surface area contributed by atoms with Crippen molar-refractivity contribution in [1.82, 2.24) is 0 Å². The molecule has 8 heteroatoms. The van der Waals surface area contributed by atoms with Crippen molar-refractivity contribution >= 4 is 16.1 Å². The maximum Gasteiger partial charge on any atom is 0.331 e. The SMILES string of the molecule is Cc1ccc(S(=O)(=O)OCCO[C@H]2CC[C@@]3(C)[C@H](CC[C@@H]4[C@@H]3CC[C@]3(C)[C@@H](C5=CC(=O)OC5)CC[C@]43O)C2)cc1. The highest BCUT2D eigenvalue weighted by molar-refractivity contribution is 7.86. The second-order valence-corrected chi connectivity index (χ2v) is 15.3. The molecule has 0 amide bonds. The molecule has 0 saturated heterocycles. The molecule has 5 aliphatic rings. The van der Waals surface area contributed by atoms with Gasteiger partial charge in [0.15, 0.2) is 0 Å². The number of fused-ring (bicyclic) bond motifs is 5. The van der Waals surface area contributed by atoms with E-state index in [0.717, 1.165) is 68.9 Å². The zero-order valence-electron chi connectivity index (χ0n) is 24.1. The van der Waals surface area contributed by atoms with Crippen molar-refractivity contribution < 1.29 is 32.0 Å². The van der Waals surface area contributed by atoms with Crippen LogP contribution in [0.15, 0.2) is 40.8 Å². The van der Waals surface area contributed by atoms with Crippen LogP contribution in [0.2, 0.25) is 0 Å². The van der Waals surface area contributed by atoms with Gasteiger partial charge in [0.25, 0.3) is 10.1 Å². The molecule has 0 spiro atoms. The summed E-state index contributed by atoms with van der Waals surface area (Å²) in [6.45, 7) is 7.29. The maximum atomic E-state index is 12.5. The number of benzene rings is 1. The highest BCUT2D eigenvalue weighted by Crippen LogP contribution is 2.70. The Morgan fingerprint density at radius 3 is 2.48 bits per heavy atom. The standard InChI is InChI=1S/C32H44O7S/c1-21-4-7-25(8-5-21)40(35,36)39-17-16-37-24-10-13-30(2)23(19-24)6-9-28-27(30)11-14-31(3)26(12-15-32(28,31)34)22-18-29(33)38-20-22/h4-5,7-8,18,23-24,26-28,34H,6,9-17,19-20H2,1-3H3/t23-,24+,26-,27+,28-,30+,31-,32+/m1/s1. The monoisotopic (exact) mass is 572 g/mol. The van der Waals surface area contributed by atoms with Crippen molar-refractivity contribution in [3.8, 4) is 0 Å². The van der Waals surface area contributed by atoms with Crippen LogP contribution in [0.5, 0.6) is 0 Å². The molecule has 4 aliphatic carbocycles. The summed E-state index contributed by atoms with van der Waals surface area (Å²) in [6, 6.07) is 6.67. The summed E-state index contributed by atoms with van der Waals surface area (Å²) >= 11 is 0. The molecule has 4 fully saturated rings. The Labute approximate surface area is 238 Å². The van der Waals surface area contributed by atoms with Crippen LogP contribution in [0.4, 0.5) is 0 Å². The van der Waals surface area contributed by atoms with Crippen molar-refractivity contribution in [3.05, 3.63) is 41.5 Å². The molecule has 220 valence electrons. The first-order valence-corrected chi connectivity index (χ1v) is 16.5. The third kappa shape index (κ3) is 4.58. The van der Waals surface area contributed by atoms with Gasteiger partial charge in [-0.1, -0.05) is 31.5 Å². The lowest BCUT2D eigenvalue weighted by Gasteiger charge is -2.63. The van der Waals surface area contributed by atoms with Gasteiger partial charge in [-0.3, -0.25) is 4.18 Å². The summed E-state index contributed by atoms with van der Waals surface area (Å²) in [7, 11) is -3.78. The quantitative estimate of drug-likeness (QED) is 0.267. The van der Waals surface area contributed by atoms with Crippen LogP contribution in [-0.4, -0.2) is 51.0 Å². The van der Waals surface area contributed by atoms with Gasteiger partial charge in [-0.2, -0.15) is 8.42 Å². The number of esters is 1. The van der Waals surface area contributed by atoms with Crippen molar-refractivity contribution in [3.63, 3.8) is 0 Å². The number of hydrogen-bond donors (Lipinski definition) is 1. The first kappa shape index (κ1) is 28.4. The smallest absolute Gasteiger partial charge is 0.331 e. The number of carbonyl (C=O) groups is 1. The minimum atomic E-state index is -3.78. The van der Waals surface area contributed by atoms with Crippen molar-refractivity contribution in [2.75, 3.05) is 19.8 Å². The lowest BCUT2D eigenvalue weighted by Crippen LogP contribution is -2.62. The molecular weight excluding hydrogens is 528 g/mol. The fourth-order valence-electron chi connectivity index (χ4n) is 9.65. The van der Waals surface area contributed by atoms with E-state index in [-0.39, 0.29) is 52.8 Å². The first-order chi connectivity index (χ1) is 19.0. The fraction of sp³-hybridized carbons (Fsp3) is 0.719. The lowest BCUT2D eigenvalue weighted by atomic mass is 9.43. The summed E-state index contributed by atoms with van der Waals surface area (Å²) in [6.07, 6.45) is 10.7. The molecule has 4 saturated carbocycles. The molecule has 0 bridgehead atoms. The van der Waals surface area contributed by atoms with E-state index < -0.39 is 15.7 Å². The molecule has 1 aliphatic heterocycles. The van der Waals surface area contributed by atoms with Gasteiger partial charge < -0.3 is 14.6 Å². The Morgan fingerprint density at radius 1 is 0.975 bits per heavy atom. The zero-order chi connectivity index (χ0) is 28.3. The maximum absolute atomic E-state index is 12.5. The average molecular weight is 573 g/mol.